The Kier molecular flexibility index (Phi) is 7.65. The fourth-order valence-corrected chi connectivity index (χ4v) is 4.41. The smallest absolute Gasteiger partial charge is 0.335 e. The Bertz CT molecular complexity index is 930. The van der Waals surface area contributed by atoms with Crippen LogP contribution in [0.4, 0.5) is 17.2 Å². The highest BCUT2D eigenvalue weighted by Gasteiger charge is 2.26. The third-order valence-corrected chi connectivity index (χ3v) is 6.43. The van der Waals surface area contributed by atoms with Gasteiger partial charge in [0.05, 0.1) is 22.2 Å². The van der Waals surface area contributed by atoms with Crippen molar-refractivity contribution in [2.45, 2.75) is 31.8 Å². The van der Waals surface area contributed by atoms with E-state index in [-0.39, 0.29) is 34.3 Å². The number of hydrogen-bond donors (Lipinski definition) is 3. The fraction of sp³-hybridized carbons (Fsp3) is 0.421. The summed E-state index contributed by atoms with van der Waals surface area (Å²) in [5.74, 6) is -0.167. The summed E-state index contributed by atoms with van der Waals surface area (Å²) in [5.41, 5.74) is 6.58. The van der Waals surface area contributed by atoms with E-state index in [2.05, 4.69) is 15.2 Å². The first-order valence-corrected chi connectivity index (χ1v) is 11.3. The summed E-state index contributed by atoms with van der Waals surface area (Å²) in [4.78, 5) is 16.7. The van der Waals surface area contributed by atoms with Crippen molar-refractivity contribution in [2.24, 2.45) is 0 Å². The van der Waals surface area contributed by atoms with Crippen molar-refractivity contribution >= 4 is 40.1 Å². The number of nitrogens with two attached hydrogens (primary N) is 1. The van der Waals surface area contributed by atoms with Crippen LogP contribution in [0.25, 0.3) is 0 Å². The summed E-state index contributed by atoms with van der Waals surface area (Å²) in [5, 5.41) is 14.7. The summed E-state index contributed by atoms with van der Waals surface area (Å²) in [6.45, 7) is 3.83. The lowest BCUT2D eigenvalue weighted by Crippen LogP contribution is -2.37. The van der Waals surface area contributed by atoms with Crippen molar-refractivity contribution in [3.8, 4) is 0 Å². The molecular formula is C19H25ClN6O4S. The molecule has 10 nitrogen and oxygen atoms in total. The second kappa shape index (κ2) is 10.2. The number of nitrogens with one attached hydrogen (secondary N) is 1. The molecule has 1 aromatic heterocycles. The number of rotatable bonds is 7. The Balaban J connectivity index is 1.59. The lowest BCUT2D eigenvalue weighted by molar-refractivity contribution is -0.383. The number of halogens is 1. The lowest BCUT2D eigenvalue weighted by atomic mass is 10.0. The van der Waals surface area contributed by atoms with E-state index >= 15 is 0 Å². The van der Waals surface area contributed by atoms with Crippen LogP contribution in [0.15, 0.2) is 42.3 Å². The quantitative estimate of drug-likeness (QED) is 0.315. The van der Waals surface area contributed by atoms with E-state index in [0.29, 0.717) is 6.54 Å². The van der Waals surface area contributed by atoms with E-state index in [1.807, 2.05) is 37.4 Å². The van der Waals surface area contributed by atoms with Crippen molar-refractivity contribution in [1.29, 1.82) is 0 Å². The van der Waals surface area contributed by atoms with E-state index in [1.54, 1.807) is 0 Å². The number of likely N-dealkylation sites (tertiary alicyclic amines) is 1. The standard InChI is InChI=1S/C19H25ClN6O4S/c1-2-25(31(29)30)15-5-3-13(4-6-15)12-24-9-7-14(8-10-24)23-17-16(20)11-22-19(21)18(17)26(27)28/h3-6,11-12,14-15H,2,7-10H2,1H3,(H,29,30)(H3,21,22,23). The Morgan fingerprint density at radius 3 is 2.65 bits per heavy atom. The molecule has 31 heavy (non-hydrogen) atoms. The minimum absolute atomic E-state index is 0.0205. The van der Waals surface area contributed by atoms with E-state index in [4.69, 9.17) is 17.3 Å². The molecule has 0 bridgehead atoms. The first kappa shape index (κ1) is 23.2. The van der Waals surface area contributed by atoms with E-state index < -0.39 is 16.2 Å². The number of nitrogens with zero attached hydrogens (tertiary/aromatic N) is 4. The Labute approximate surface area is 188 Å². The molecule has 1 atom stereocenters. The number of anilines is 2. The maximum absolute atomic E-state index is 11.4. The van der Waals surface area contributed by atoms with Crippen LogP contribution in [0.3, 0.4) is 0 Å². The molecule has 1 aromatic rings. The molecule has 4 N–H and O–H groups in total. The van der Waals surface area contributed by atoms with Gasteiger partial charge < -0.3 is 16.0 Å². The van der Waals surface area contributed by atoms with Gasteiger partial charge in [0, 0.05) is 31.9 Å². The predicted molar refractivity (Wildman–Crippen MR) is 122 cm³/mol. The van der Waals surface area contributed by atoms with Gasteiger partial charge in [0.15, 0.2) is 0 Å². The molecule has 0 aromatic carbocycles. The molecule has 1 fully saturated rings. The molecule has 0 amide bonds. The average Bonchev–Trinajstić information content (AvgIpc) is 2.73. The first-order chi connectivity index (χ1) is 14.8. The van der Waals surface area contributed by atoms with Crippen LogP contribution in [0.1, 0.15) is 19.8 Å². The zero-order valence-corrected chi connectivity index (χ0v) is 18.6. The molecule has 1 saturated heterocycles. The highest BCUT2D eigenvalue weighted by atomic mass is 35.5. The first-order valence-electron chi connectivity index (χ1n) is 9.85. The minimum atomic E-state index is -2.02. The Morgan fingerprint density at radius 2 is 2.10 bits per heavy atom. The lowest BCUT2D eigenvalue weighted by Gasteiger charge is -2.32. The largest absolute Gasteiger partial charge is 0.378 e. The monoisotopic (exact) mass is 468 g/mol. The second-order valence-electron chi connectivity index (χ2n) is 7.23. The van der Waals surface area contributed by atoms with Crippen LogP contribution < -0.4 is 11.1 Å². The molecule has 0 radical (unpaired) electrons. The van der Waals surface area contributed by atoms with Crippen LogP contribution >= 0.6 is 11.6 Å². The average molecular weight is 469 g/mol. The normalized spacial score (nSPS) is 20.2. The maximum atomic E-state index is 11.4. The number of piperidine rings is 1. The third-order valence-electron chi connectivity index (χ3n) is 5.24. The van der Waals surface area contributed by atoms with Crippen molar-refractivity contribution in [3.05, 3.63) is 57.4 Å². The number of likely N-dealkylation sites (N-methyl/N-ethyl adjacent to an activating group) is 1. The predicted octanol–water partition coefficient (Wildman–Crippen LogP) is 2.94. The maximum Gasteiger partial charge on any atom is 0.335 e. The van der Waals surface area contributed by atoms with Crippen molar-refractivity contribution in [2.75, 3.05) is 30.7 Å². The van der Waals surface area contributed by atoms with Crippen LogP contribution in [0, 0.1) is 10.1 Å². The molecule has 2 heterocycles. The van der Waals surface area contributed by atoms with Gasteiger partial charge in [0.2, 0.25) is 17.1 Å². The Morgan fingerprint density at radius 1 is 1.45 bits per heavy atom. The van der Waals surface area contributed by atoms with Gasteiger partial charge in [-0.1, -0.05) is 42.8 Å². The summed E-state index contributed by atoms with van der Waals surface area (Å²) in [7, 11) is 0. The molecule has 0 spiro atoms. The zero-order valence-electron chi connectivity index (χ0n) is 17.0. The van der Waals surface area contributed by atoms with Gasteiger partial charge in [0.25, 0.3) is 0 Å². The number of allylic oxidation sites excluding steroid dienone is 3. The molecule has 3 rings (SSSR count). The highest BCUT2D eigenvalue weighted by molar-refractivity contribution is 7.76. The summed E-state index contributed by atoms with van der Waals surface area (Å²) in [6.07, 6.45) is 12.6. The van der Waals surface area contributed by atoms with Gasteiger partial charge in [-0.05, 0) is 18.4 Å². The van der Waals surface area contributed by atoms with Gasteiger partial charge in [-0.15, -0.1) is 0 Å². The van der Waals surface area contributed by atoms with Gasteiger partial charge >= 0.3 is 5.69 Å². The van der Waals surface area contributed by atoms with Crippen LogP contribution in [0.5, 0.6) is 0 Å². The van der Waals surface area contributed by atoms with Gasteiger partial charge in [-0.3, -0.25) is 14.7 Å². The van der Waals surface area contributed by atoms with Gasteiger partial charge in [-0.2, -0.15) is 4.31 Å². The molecule has 1 unspecified atom stereocenters. The number of nitro groups is 1. The molecular weight excluding hydrogens is 444 g/mol. The van der Waals surface area contributed by atoms with Crippen molar-refractivity contribution in [3.63, 3.8) is 0 Å². The van der Waals surface area contributed by atoms with Crippen LogP contribution in [0.2, 0.25) is 5.02 Å². The topological polar surface area (TPSA) is 138 Å². The van der Waals surface area contributed by atoms with Crippen LogP contribution in [-0.4, -0.2) is 59.6 Å². The fourth-order valence-electron chi connectivity index (χ4n) is 3.65. The number of hydrogen-bond acceptors (Lipinski definition) is 7. The van der Waals surface area contributed by atoms with Crippen molar-refractivity contribution in [1.82, 2.24) is 14.2 Å². The molecule has 168 valence electrons. The van der Waals surface area contributed by atoms with Gasteiger partial charge in [-0.25, -0.2) is 9.19 Å². The summed E-state index contributed by atoms with van der Waals surface area (Å²) >= 11 is 4.11. The zero-order chi connectivity index (χ0) is 22.5. The molecule has 12 heteroatoms. The molecule has 2 aliphatic rings. The SMILES string of the molecule is CCN(C1C=CC(=CN2CCC(Nc3c(Cl)cnc(N)c3[N+](=O)[O-])CC2)C=C1)S(=O)O. The summed E-state index contributed by atoms with van der Waals surface area (Å²) in [6, 6.07) is -0.191. The molecule has 1 aliphatic carbocycles. The van der Waals surface area contributed by atoms with Gasteiger partial charge in [0.1, 0.15) is 5.69 Å². The molecule has 0 saturated carbocycles. The third kappa shape index (κ3) is 5.62. The van der Waals surface area contributed by atoms with Crippen LogP contribution in [-0.2, 0) is 11.3 Å². The number of nitrogen functional groups attached to an aromatic ring is 1. The number of pyridine rings is 1. The number of aromatic nitrogens is 1. The second-order valence-corrected chi connectivity index (χ2v) is 8.57. The minimum Gasteiger partial charge on any atom is -0.378 e. The molecule has 1 aliphatic heterocycles. The van der Waals surface area contributed by atoms with E-state index in [1.165, 1.54) is 10.5 Å². The summed E-state index contributed by atoms with van der Waals surface area (Å²) < 4.78 is 22.2. The van der Waals surface area contributed by atoms with E-state index in [0.717, 1.165) is 31.5 Å². The Hall–Kier alpha value is -2.47. The van der Waals surface area contributed by atoms with Crippen molar-refractivity contribution < 1.29 is 13.7 Å². The highest BCUT2D eigenvalue weighted by Crippen LogP contribution is 2.36. The van der Waals surface area contributed by atoms with E-state index in [9.17, 15) is 18.9 Å².